The first kappa shape index (κ1) is 17.6. The van der Waals surface area contributed by atoms with Crippen molar-refractivity contribution in [3.05, 3.63) is 29.8 Å². The van der Waals surface area contributed by atoms with Gasteiger partial charge in [-0.05, 0) is 30.7 Å². The van der Waals surface area contributed by atoms with Gasteiger partial charge < -0.3 is 26.2 Å². The molecule has 1 atom stereocenters. The number of nitrogen functional groups attached to an aromatic ring is 1. The van der Waals surface area contributed by atoms with Crippen molar-refractivity contribution in [1.29, 1.82) is 0 Å². The Bertz CT molecular complexity index is 591. The largest absolute Gasteiger partial charge is 0.507 e. The minimum absolute atomic E-state index is 0. The van der Waals surface area contributed by atoms with Crippen molar-refractivity contribution in [3.8, 4) is 5.75 Å². The van der Waals surface area contributed by atoms with Crippen molar-refractivity contribution in [2.24, 2.45) is 5.73 Å². The quantitative estimate of drug-likeness (QED) is 0.441. The molecule has 1 heterocycles. The van der Waals surface area contributed by atoms with E-state index >= 15 is 0 Å². The lowest BCUT2D eigenvalue weighted by Gasteiger charge is -2.22. The number of amides is 2. The molecule has 0 saturated carbocycles. The number of hydrogen-bond acceptors (Lipinski definition) is 5. The number of primary amides is 1. The molecule has 0 radical (unpaired) electrons. The number of likely N-dealkylation sites (tertiary alicyclic amines) is 1. The second-order valence-corrected chi connectivity index (χ2v) is 4.72. The molecule has 120 valence electrons. The Morgan fingerprint density at radius 3 is 2.82 bits per heavy atom. The van der Waals surface area contributed by atoms with E-state index in [-0.39, 0.29) is 24.1 Å². The van der Waals surface area contributed by atoms with Crippen LogP contribution in [0.15, 0.2) is 24.3 Å². The third-order valence-corrected chi connectivity index (χ3v) is 3.19. The molecule has 1 aromatic rings. The average Bonchev–Trinajstić information content (AvgIpc) is 2.86. The molecule has 8 heteroatoms. The second kappa shape index (κ2) is 7.56. The Labute approximate surface area is 133 Å². The van der Waals surface area contributed by atoms with Crippen molar-refractivity contribution in [3.63, 3.8) is 0 Å². The van der Waals surface area contributed by atoms with Crippen molar-refractivity contribution in [2.75, 3.05) is 12.3 Å². The molecule has 1 aliphatic heterocycles. The number of aromatic hydroxyl groups is 1. The van der Waals surface area contributed by atoms with E-state index in [0.717, 1.165) is 6.42 Å². The summed E-state index contributed by atoms with van der Waals surface area (Å²) < 4.78 is 4.88. The fourth-order valence-electron chi connectivity index (χ4n) is 2.21. The van der Waals surface area contributed by atoms with Crippen LogP contribution in [0.3, 0.4) is 0 Å². The summed E-state index contributed by atoms with van der Waals surface area (Å²) >= 11 is 0. The molecule has 7 nitrogen and oxygen atoms in total. The van der Waals surface area contributed by atoms with E-state index in [4.69, 9.17) is 16.2 Å². The summed E-state index contributed by atoms with van der Waals surface area (Å²) in [6.45, 7) is 0.490. The summed E-state index contributed by atoms with van der Waals surface area (Å²) in [4.78, 5) is 24.3. The van der Waals surface area contributed by atoms with Crippen LogP contribution in [0.25, 0.3) is 6.08 Å². The van der Waals surface area contributed by atoms with E-state index in [2.05, 4.69) is 0 Å². The summed E-state index contributed by atoms with van der Waals surface area (Å²) in [6, 6.07) is 4.57. The van der Waals surface area contributed by atoms with Crippen LogP contribution in [-0.2, 0) is 9.53 Å². The number of anilines is 1. The first-order chi connectivity index (χ1) is 9.97. The average molecular weight is 328 g/mol. The van der Waals surface area contributed by atoms with Gasteiger partial charge in [-0.3, -0.25) is 4.79 Å². The van der Waals surface area contributed by atoms with Crippen LogP contribution in [0.5, 0.6) is 5.75 Å². The number of nitrogens with zero attached hydrogens (tertiary/aromatic N) is 1. The van der Waals surface area contributed by atoms with Crippen molar-refractivity contribution in [1.82, 2.24) is 4.90 Å². The van der Waals surface area contributed by atoms with Crippen LogP contribution in [0.4, 0.5) is 10.5 Å². The number of carbonyl (C=O) groups excluding carboxylic acids is 2. The number of benzene rings is 1. The van der Waals surface area contributed by atoms with Crippen molar-refractivity contribution < 1.29 is 19.4 Å². The van der Waals surface area contributed by atoms with Gasteiger partial charge in [0.05, 0.1) is 0 Å². The van der Waals surface area contributed by atoms with Crippen molar-refractivity contribution >= 4 is 36.2 Å². The molecule has 1 unspecified atom stereocenters. The zero-order valence-electron chi connectivity index (χ0n) is 11.8. The molecule has 1 saturated heterocycles. The standard InChI is InChI=1S/C14H17N3O4.ClH/c15-10-4-5-11(18)9(8-10)3-6-12(19)17-7-1-2-13(17)21-14(16)20;/h3-6,8,13,18H,1-2,7,15H2,(H2,16,20);1H. The minimum atomic E-state index is -0.905. The first-order valence-electron chi connectivity index (χ1n) is 6.50. The third-order valence-electron chi connectivity index (χ3n) is 3.19. The summed E-state index contributed by atoms with van der Waals surface area (Å²) in [5.74, 6) is -0.291. The van der Waals surface area contributed by atoms with Gasteiger partial charge in [-0.1, -0.05) is 0 Å². The van der Waals surface area contributed by atoms with Gasteiger partial charge in [0.15, 0.2) is 6.23 Å². The number of ether oxygens (including phenoxy) is 1. The van der Waals surface area contributed by atoms with E-state index < -0.39 is 12.3 Å². The van der Waals surface area contributed by atoms with Gasteiger partial charge >= 0.3 is 6.09 Å². The molecule has 0 aromatic heterocycles. The minimum Gasteiger partial charge on any atom is -0.507 e. The molecular weight excluding hydrogens is 310 g/mol. The Morgan fingerprint density at radius 1 is 1.41 bits per heavy atom. The van der Waals surface area contributed by atoms with E-state index in [1.54, 1.807) is 12.1 Å². The van der Waals surface area contributed by atoms with Crippen LogP contribution in [-0.4, -0.2) is 34.8 Å². The second-order valence-electron chi connectivity index (χ2n) is 4.72. The molecule has 1 fully saturated rings. The maximum atomic E-state index is 12.1. The molecule has 0 bridgehead atoms. The van der Waals surface area contributed by atoms with E-state index in [9.17, 15) is 14.7 Å². The topological polar surface area (TPSA) is 119 Å². The molecule has 2 amide bonds. The monoisotopic (exact) mass is 327 g/mol. The van der Waals surface area contributed by atoms with E-state index in [1.807, 2.05) is 0 Å². The smallest absolute Gasteiger partial charge is 0.406 e. The lowest BCUT2D eigenvalue weighted by molar-refractivity contribution is -0.132. The Morgan fingerprint density at radius 2 is 2.14 bits per heavy atom. The van der Waals surface area contributed by atoms with Crippen LogP contribution in [0.1, 0.15) is 18.4 Å². The summed E-state index contributed by atoms with van der Waals surface area (Å²) in [5.41, 5.74) is 11.5. The predicted molar refractivity (Wildman–Crippen MR) is 84.2 cm³/mol. The van der Waals surface area contributed by atoms with Gasteiger partial charge in [-0.2, -0.15) is 0 Å². The number of hydrogen-bond donors (Lipinski definition) is 3. The van der Waals surface area contributed by atoms with E-state index in [1.165, 1.54) is 23.1 Å². The molecule has 1 aliphatic rings. The highest BCUT2D eigenvalue weighted by Gasteiger charge is 2.29. The van der Waals surface area contributed by atoms with Crippen LogP contribution in [0.2, 0.25) is 0 Å². The summed E-state index contributed by atoms with van der Waals surface area (Å²) in [7, 11) is 0. The van der Waals surface area contributed by atoms with Gasteiger partial charge in [0, 0.05) is 30.3 Å². The van der Waals surface area contributed by atoms with Gasteiger partial charge in [0.1, 0.15) is 5.75 Å². The van der Waals surface area contributed by atoms with Gasteiger partial charge in [-0.25, -0.2) is 4.79 Å². The molecular formula is C14H18ClN3O4. The van der Waals surface area contributed by atoms with E-state index in [0.29, 0.717) is 24.2 Å². The third kappa shape index (κ3) is 4.29. The number of carbonyl (C=O) groups is 2. The molecule has 2 rings (SSSR count). The summed E-state index contributed by atoms with van der Waals surface area (Å²) in [6.07, 6.45) is 2.53. The molecule has 5 N–H and O–H groups in total. The lowest BCUT2D eigenvalue weighted by Crippen LogP contribution is -2.38. The SMILES string of the molecule is Cl.NC(=O)OC1CCCN1C(=O)C=Cc1cc(N)ccc1O. The van der Waals surface area contributed by atoms with Crippen LogP contribution < -0.4 is 11.5 Å². The first-order valence-corrected chi connectivity index (χ1v) is 6.50. The fraction of sp³-hybridized carbons (Fsp3) is 0.286. The number of halogens is 1. The fourth-order valence-corrected chi connectivity index (χ4v) is 2.21. The zero-order chi connectivity index (χ0) is 15.4. The van der Waals surface area contributed by atoms with Gasteiger partial charge in [0.25, 0.3) is 0 Å². The van der Waals surface area contributed by atoms with Gasteiger partial charge in [0.2, 0.25) is 5.91 Å². The van der Waals surface area contributed by atoms with Gasteiger partial charge in [-0.15, -0.1) is 12.4 Å². The molecule has 0 aliphatic carbocycles. The summed E-state index contributed by atoms with van der Waals surface area (Å²) in [5, 5.41) is 9.67. The Hall–Kier alpha value is -2.41. The van der Waals surface area contributed by atoms with Crippen LogP contribution in [0, 0.1) is 0 Å². The normalized spacial score (nSPS) is 17.3. The highest BCUT2D eigenvalue weighted by molar-refractivity contribution is 5.92. The maximum Gasteiger partial charge on any atom is 0.406 e. The number of phenols is 1. The van der Waals surface area contributed by atoms with Crippen molar-refractivity contribution in [2.45, 2.75) is 19.1 Å². The Kier molecular flexibility index (Phi) is 6.06. The Balaban J connectivity index is 0.00000242. The highest BCUT2D eigenvalue weighted by Crippen LogP contribution is 2.22. The zero-order valence-corrected chi connectivity index (χ0v) is 12.6. The number of phenolic OH excluding ortho intramolecular Hbond substituents is 1. The highest BCUT2D eigenvalue weighted by atomic mass is 35.5. The van der Waals surface area contributed by atoms with Crippen LogP contribution >= 0.6 is 12.4 Å². The lowest BCUT2D eigenvalue weighted by atomic mass is 10.1. The maximum absolute atomic E-state index is 12.1. The molecule has 22 heavy (non-hydrogen) atoms. The molecule has 1 aromatic carbocycles. The number of nitrogens with two attached hydrogens (primary N) is 2. The molecule has 0 spiro atoms. The predicted octanol–water partition coefficient (Wildman–Crippen LogP) is 1.45. The number of rotatable bonds is 3.